The van der Waals surface area contributed by atoms with E-state index in [1.807, 2.05) is 6.92 Å². The van der Waals surface area contributed by atoms with Crippen LogP contribution in [0.2, 0.25) is 5.02 Å². The molecule has 26 heavy (non-hydrogen) atoms. The highest BCUT2D eigenvalue weighted by Gasteiger charge is 2.14. The third-order valence-electron chi connectivity index (χ3n) is 3.68. The molecule has 0 saturated heterocycles. The van der Waals surface area contributed by atoms with E-state index in [-0.39, 0.29) is 6.54 Å². The summed E-state index contributed by atoms with van der Waals surface area (Å²) in [5, 5.41) is 3.10. The van der Waals surface area contributed by atoms with E-state index >= 15 is 0 Å². The minimum Gasteiger partial charge on any atom is -0.454 e. The maximum atomic E-state index is 11.9. The highest BCUT2D eigenvalue weighted by Crippen LogP contribution is 2.19. The molecule has 3 rings (SSSR count). The van der Waals surface area contributed by atoms with E-state index in [4.69, 9.17) is 20.8 Å². The molecule has 0 radical (unpaired) electrons. The lowest BCUT2D eigenvalue weighted by Gasteiger charge is -2.08. The number of ether oxygens (including phenoxy) is 1. The molecule has 0 atom stereocenters. The maximum Gasteiger partial charge on any atom is 0.420 e. The minimum atomic E-state index is -0.726. The lowest BCUT2D eigenvalue weighted by molar-refractivity contribution is -0.147. The van der Waals surface area contributed by atoms with Gasteiger partial charge in [0.05, 0.1) is 5.52 Å². The zero-order valence-corrected chi connectivity index (χ0v) is 14.6. The number of anilines is 1. The number of amides is 1. The second-order valence-electron chi connectivity index (χ2n) is 5.59. The number of hydrogen-bond acceptors (Lipinski definition) is 5. The van der Waals surface area contributed by atoms with Crippen LogP contribution in [0, 0.1) is 6.92 Å². The van der Waals surface area contributed by atoms with Crippen LogP contribution >= 0.6 is 11.6 Å². The molecule has 8 heteroatoms. The molecule has 2 aromatic carbocycles. The van der Waals surface area contributed by atoms with Crippen LogP contribution in [0.5, 0.6) is 0 Å². The lowest BCUT2D eigenvalue weighted by atomic mass is 10.2. The quantitative estimate of drug-likeness (QED) is 0.693. The van der Waals surface area contributed by atoms with Gasteiger partial charge >= 0.3 is 11.7 Å². The van der Waals surface area contributed by atoms with Crippen LogP contribution in [0.4, 0.5) is 5.69 Å². The summed E-state index contributed by atoms with van der Waals surface area (Å²) in [4.78, 5) is 35.6. The van der Waals surface area contributed by atoms with Crippen molar-refractivity contribution in [1.82, 2.24) is 4.57 Å². The summed E-state index contributed by atoms with van der Waals surface area (Å²) >= 11 is 5.99. The minimum absolute atomic E-state index is 0.348. The number of carbonyl (C=O) groups is 2. The van der Waals surface area contributed by atoms with Gasteiger partial charge in [0.2, 0.25) is 0 Å². The van der Waals surface area contributed by atoms with Crippen LogP contribution in [0.15, 0.2) is 51.7 Å². The maximum absolute atomic E-state index is 11.9. The molecule has 0 spiro atoms. The average Bonchev–Trinajstić information content (AvgIpc) is 2.92. The molecule has 3 aromatic rings. The van der Waals surface area contributed by atoms with Gasteiger partial charge in [0.15, 0.2) is 12.2 Å². The second-order valence-corrected chi connectivity index (χ2v) is 6.00. The fourth-order valence-electron chi connectivity index (χ4n) is 2.35. The number of nitrogens with zero attached hydrogens (tertiary/aromatic N) is 1. The molecular weight excluding hydrogens is 360 g/mol. The second kappa shape index (κ2) is 7.45. The summed E-state index contributed by atoms with van der Waals surface area (Å²) in [7, 11) is 0. The summed E-state index contributed by atoms with van der Waals surface area (Å²) in [5.41, 5.74) is 2.24. The monoisotopic (exact) mass is 374 g/mol. The Bertz CT molecular complexity index is 1040. The molecular formula is C18H15ClN2O5. The summed E-state index contributed by atoms with van der Waals surface area (Å²) in [6.45, 7) is 1.02. The molecule has 1 aromatic heterocycles. The molecule has 0 bridgehead atoms. The highest BCUT2D eigenvalue weighted by molar-refractivity contribution is 6.31. The topological polar surface area (TPSA) is 90.5 Å². The highest BCUT2D eigenvalue weighted by atomic mass is 35.5. The van der Waals surface area contributed by atoms with Crippen LogP contribution in [-0.2, 0) is 20.9 Å². The van der Waals surface area contributed by atoms with Gasteiger partial charge in [-0.05, 0) is 36.8 Å². The van der Waals surface area contributed by atoms with Gasteiger partial charge < -0.3 is 14.5 Å². The Labute approximate surface area is 153 Å². The number of halogens is 1. The number of carbonyl (C=O) groups excluding carboxylic acids is 2. The first kappa shape index (κ1) is 17.8. The molecule has 1 heterocycles. The normalized spacial score (nSPS) is 10.7. The molecule has 0 unspecified atom stereocenters. The van der Waals surface area contributed by atoms with Gasteiger partial charge in [0, 0.05) is 10.7 Å². The molecule has 0 saturated carbocycles. The number of aryl methyl sites for hydroxylation is 1. The van der Waals surface area contributed by atoms with Crippen molar-refractivity contribution in [3.63, 3.8) is 0 Å². The molecule has 0 aliphatic carbocycles. The van der Waals surface area contributed by atoms with Crippen LogP contribution in [0.1, 0.15) is 5.56 Å². The number of para-hydroxylation sites is 2. The number of oxazole rings is 1. The van der Waals surface area contributed by atoms with Gasteiger partial charge in [-0.3, -0.25) is 14.2 Å². The Hall–Kier alpha value is -3.06. The molecule has 0 aliphatic heterocycles. The van der Waals surface area contributed by atoms with Crippen molar-refractivity contribution in [2.24, 2.45) is 0 Å². The first-order valence-corrected chi connectivity index (χ1v) is 8.12. The van der Waals surface area contributed by atoms with E-state index in [1.54, 1.807) is 42.5 Å². The molecule has 7 nitrogen and oxygen atoms in total. The van der Waals surface area contributed by atoms with E-state index in [0.717, 1.165) is 10.1 Å². The molecule has 0 fully saturated rings. The van der Waals surface area contributed by atoms with Crippen molar-refractivity contribution in [1.29, 1.82) is 0 Å². The number of benzene rings is 2. The molecule has 134 valence electrons. The van der Waals surface area contributed by atoms with E-state index in [2.05, 4.69) is 5.32 Å². The van der Waals surface area contributed by atoms with Crippen molar-refractivity contribution in [2.45, 2.75) is 13.5 Å². The largest absolute Gasteiger partial charge is 0.454 e. The summed E-state index contributed by atoms with van der Waals surface area (Å²) in [5.74, 6) is -1.90. The number of esters is 1. The summed E-state index contributed by atoms with van der Waals surface area (Å²) in [6.07, 6.45) is 0. The van der Waals surface area contributed by atoms with Gasteiger partial charge in [-0.1, -0.05) is 29.8 Å². The van der Waals surface area contributed by atoms with E-state index in [1.165, 1.54) is 0 Å². The SMILES string of the molecule is Cc1ccc(NC(=O)COC(=O)Cn2c(=O)oc3ccccc32)cc1Cl. The Morgan fingerprint density at radius 3 is 2.77 bits per heavy atom. The third-order valence-corrected chi connectivity index (χ3v) is 4.09. The van der Waals surface area contributed by atoms with Gasteiger partial charge in [-0.15, -0.1) is 0 Å². The predicted molar refractivity (Wildman–Crippen MR) is 96.3 cm³/mol. The number of rotatable bonds is 5. The van der Waals surface area contributed by atoms with Crippen molar-refractivity contribution in [3.05, 3.63) is 63.6 Å². The fourth-order valence-corrected chi connectivity index (χ4v) is 2.53. The standard InChI is InChI=1S/C18H15ClN2O5/c1-11-6-7-12(8-13(11)19)20-16(22)10-25-17(23)9-21-14-4-2-3-5-15(14)26-18(21)24/h2-8H,9-10H2,1H3,(H,20,22). The zero-order chi connectivity index (χ0) is 18.7. The number of nitrogens with one attached hydrogen (secondary N) is 1. The number of aromatic nitrogens is 1. The van der Waals surface area contributed by atoms with Crippen molar-refractivity contribution in [3.8, 4) is 0 Å². The predicted octanol–water partition coefficient (Wildman–Crippen LogP) is 2.74. The molecule has 0 aliphatic rings. The van der Waals surface area contributed by atoms with Crippen LogP contribution in [-0.4, -0.2) is 23.1 Å². The first-order valence-electron chi connectivity index (χ1n) is 7.74. The zero-order valence-electron chi connectivity index (χ0n) is 13.8. The van der Waals surface area contributed by atoms with Gasteiger partial charge in [-0.25, -0.2) is 4.79 Å². The smallest absolute Gasteiger partial charge is 0.420 e. The van der Waals surface area contributed by atoms with Gasteiger partial charge in [-0.2, -0.15) is 0 Å². The average molecular weight is 375 g/mol. The fraction of sp³-hybridized carbons (Fsp3) is 0.167. The Morgan fingerprint density at radius 2 is 2.00 bits per heavy atom. The summed E-state index contributed by atoms with van der Waals surface area (Å²) < 4.78 is 11.1. The van der Waals surface area contributed by atoms with Gasteiger partial charge in [0.1, 0.15) is 6.54 Å². The number of fused-ring (bicyclic) bond motifs is 1. The van der Waals surface area contributed by atoms with Crippen molar-refractivity contribution >= 4 is 40.3 Å². The molecule has 1 N–H and O–H groups in total. The van der Waals surface area contributed by atoms with Crippen LogP contribution < -0.4 is 11.1 Å². The van der Waals surface area contributed by atoms with Crippen LogP contribution in [0.25, 0.3) is 11.1 Å². The van der Waals surface area contributed by atoms with E-state index < -0.39 is 24.2 Å². The van der Waals surface area contributed by atoms with Crippen molar-refractivity contribution < 1.29 is 18.7 Å². The van der Waals surface area contributed by atoms with E-state index in [9.17, 15) is 14.4 Å². The number of hydrogen-bond donors (Lipinski definition) is 1. The Kier molecular flexibility index (Phi) is 5.09. The Balaban J connectivity index is 1.58. The van der Waals surface area contributed by atoms with Crippen LogP contribution in [0.3, 0.4) is 0 Å². The Morgan fingerprint density at radius 1 is 1.23 bits per heavy atom. The lowest BCUT2D eigenvalue weighted by Crippen LogP contribution is -2.25. The first-order chi connectivity index (χ1) is 12.4. The van der Waals surface area contributed by atoms with E-state index in [0.29, 0.717) is 21.8 Å². The van der Waals surface area contributed by atoms with Crippen molar-refractivity contribution in [2.75, 3.05) is 11.9 Å². The van der Waals surface area contributed by atoms with Gasteiger partial charge in [0.25, 0.3) is 5.91 Å². The molecule has 1 amide bonds. The third kappa shape index (κ3) is 3.94. The summed E-state index contributed by atoms with van der Waals surface area (Å²) in [6, 6.07) is 11.8.